The van der Waals surface area contributed by atoms with Gasteiger partial charge < -0.3 is 10.2 Å². The van der Waals surface area contributed by atoms with E-state index >= 15 is 0 Å². The Kier molecular flexibility index (Phi) is 3.83. The Hall–Kier alpha value is -0.580. The van der Waals surface area contributed by atoms with Crippen LogP contribution in [0.3, 0.4) is 0 Å². The van der Waals surface area contributed by atoms with Crippen LogP contribution in [0.25, 0.3) is 0 Å². The van der Waals surface area contributed by atoms with Crippen molar-refractivity contribution in [3.63, 3.8) is 0 Å². The van der Waals surface area contributed by atoms with Gasteiger partial charge in [-0.15, -0.1) is 0 Å². The van der Waals surface area contributed by atoms with Crippen LogP contribution < -0.4 is 5.32 Å². The minimum absolute atomic E-state index is 0.105. The zero-order valence-corrected chi connectivity index (χ0v) is 12.9. The number of piperidine rings is 1. The van der Waals surface area contributed by atoms with E-state index in [1.165, 1.54) is 12.8 Å². The second-order valence-corrected chi connectivity index (χ2v) is 6.56. The molecule has 0 saturated carbocycles. The normalized spacial score (nSPS) is 26.3. The van der Waals surface area contributed by atoms with E-state index in [1.54, 1.807) is 18.2 Å². The van der Waals surface area contributed by atoms with Gasteiger partial charge in [-0.2, -0.15) is 0 Å². The molecule has 2 aliphatic rings. The molecule has 102 valence electrons. The SMILES string of the molecule is O=C(c1ccc(Cl)c(Br)c1)N1CC2CCCNC2C1. The zero-order valence-electron chi connectivity index (χ0n) is 10.5. The van der Waals surface area contributed by atoms with Crippen LogP contribution in [0.2, 0.25) is 5.02 Å². The summed E-state index contributed by atoms with van der Waals surface area (Å²) in [5.74, 6) is 0.724. The summed E-state index contributed by atoms with van der Waals surface area (Å²) in [6.45, 7) is 2.77. The monoisotopic (exact) mass is 342 g/mol. The number of hydrogen-bond acceptors (Lipinski definition) is 2. The minimum atomic E-state index is 0.105. The van der Waals surface area contributed by atoms with Crippen LogP contribution in [-0.2, 0) is 0 Å². The van der Waals surface area contributed by atoms with E-state index < -0.39 is 0 Å². The highest BCUT2D eigenvalue weighted by molar-refractivity contribution is 9.10. The molecule has 0 radical (unpaired) electrons. The van der Waals surface area contributed by atoms with Crippen LogP contribution in [0.5, 0.6) is 0 Å². The van der Waals surface area contributed by atoms with Crippen LogP contribution >= 0.6 is 27.5 Å². The van der Waals surface area contributed by atoms with Gasteiger partial charge in [-0.25, -0.2) is 0 Å². The lowest BCUT2D eigenvalue weighted by molar-refractivity contribution is 0.0785. The van der Waals surface area contributed by atoms with Gasteiger partial charge in [0.1, 0.15) is 0 Å². The number of benzene rings is 1. The molecule has 2 saturated heterocycles. The molecule has 1 N–H and O–H groups in total. The molecule has 5 heteroatoms. The number of carbonyl (C=O) groups excluding carboxylic acids is 1. The number of nitrogens with zero attached hydrogens (tertiary/aromatic N) is 1. The van der Waals surface area contributed by atoms with Gasteiger partial charge >= 0.3 is 0 Å². The molecular weight excluding hydrogens is 328 g/mol. The number of amides is 1. The molecule has 2 unspecified atom stereocenters. The van der Waals surface area contributed by atoms with E-state index in [0.29, 0.717) is 22.5 Å². The van der Waals surface area contributed by atoms with Crippen molar-refractivity contribution in [3.05, 3.63) is 33.3 Å². The van der Waals surface area contributed by atoms with Crippen molar-refractivity contribution in [2.75, 3.05) is 19.6 Å². The van der Waals surface area contributed by atoms with Crippen molar-refractivity contribution in [2.24, 2.45) is 5.92 Å². The first-order chi connectivity index (χ1) is 9.15. The first-order valence-electron chi connectivity index (χ1n) is 6.63. The molecule has 2 heterocycles. The van der Waals surface area contributed by atoms with Gasteiger partial charge in [0.05, 0.1) is 5.02 Å². The van der Waals surface area contributed by atoms with E-state index in [4.69, 9.17) is 11.6 Å². The summed E-state index contributed by atoms with van der Waals surface area (Å²) in [7, 11) is 0. The van der Waals surface area contributed by atoms with Gasteiger partial charge in [0.2, 0.25) is 0 Å². The first kappa shape index (κ1) is 13.4. The van der Waals surface area contributed by atoms with Crippen molar-refractivity contribution in [1.29, 1.82) is 0 Å². The van der Waals surface area contributed by atoms with Crippen molar-refractivity contribution in [2.45, 2.75) is 18.9 Å². The second kappa shape index (κ2) is 5.43. The molecule has 1 amide bonds. The van der Waals surface area contributed by atoms with Crippen molar-refractivity contribution < 1.29 is 4.79 Å². The quantitative estimate of drug-likeness (QED) is 0.850. The Morgan fingerprint density at radius 3 is 3.00 bits per heavy atom. The molecule has 2 fully saturated rings. The fourth-order valence-electron chi connectivity index (χ4n) is 3.02. The third kappa shape index (κ3) is 2.67. The van der Waals surface area contributed by atoms with E-state index in [2.05, 4.69) is 21.2 Å². The molecule has 0 bridgehead atoms. The minimum Gasteiger partial charge on any atom is -0.337 e. The Balaban J connectivity index is 1.75. The van der Waals surface area contributed by atoms with Crippen LogP contribution in [0.4, 0.5) is 0 Å². The van der Waals surface area contributed by atoms with Gasteiger partial charge in [0.15, 0.2) is 0 Å². The predicted octanol–water partition coefficient (Wildman–Crippen LogP) is 2.93. The number of rotatable bonds is 1. The largest absolute Gasteiger partial charge is 0.337 e. The van der Waals surface area contributed by atoms with E-state index in [9.17, 15) is 4.79 Å². The van der Waals surface area contributed by atoms with Gasteiger partial charge in [-0.3, -0.25) is 4.79 Å². The molecule has 19 heavy (non-hydrogen) atoms. The Morgan fingerprint density at radius 2 is 2.26 bits per heavy atom. The smallest absolute Gasteiger partial charge is 0.253 e. The van der Waals surface area contributed by atoms with Gasteiger partial charge in [-0.05, 0) is 59.4 Å². The molecule has 1 aromatic carbocycles. The molecule has 3 rings (SSSR count). The topological polar surface area (TPSA) is 32.3 Å². The molecule has 0 aromatic heterocycles. The van der Waals surface area contributed by atoms with Crippen molar-refractivity contribution in [1.82, 2.24) is 10.2 Å². The van der Waals surface area contributed by atoms with Crippen LogP contribution in [0.1, 0.15) is 23.2 Å². The number of hydrogen-bond donors (Lipinski definition) is 1. The molecule has 1 aromatic rings. The fourth-order valence-corrected chi connectivity index (χ4v) is 3.52. The van der Waals surface area contributed by atoms with Gasteiger partial charge in [-0.1, -0.05) is 11.6 Å². The Labute approximate surface area is 126 Å². The predicted molar refractivity (Wildman–Crippen MR) is 79.6 cm³/mol. The number of nitrogens with one attached hydrogen (secondary N) is 1. The maximum atomic E-state index is 12.5. The molecule has 0 spiro atoms. The summed E-state index contributed by atoms with van der Waals surface area (Å²) >= 11 is 9.33. The summed E-state index contributed by atoms with van der Waals surface area (Å²) in [6.07, 6.45) is 2.45. The third-order valence-electron chi connectivity index (χ3n) is 4.05. The summed E-state index contributed by atoms with van der Waals surface area (Å²) < 4.78 is 0.773. The molecule has 3 nitrogen and oxygen atoms in total. The number of fused-ring (bicyclic) bond motifs is 1. The summed E-state index contributed by atoms with van der Waals surface area (Å²) in [6, 6.07) is 5.85. The highest BCUT2D eigenvalue weighted by Crippen LogP contribution is 2.28. The maximum Gasteiger partial charge on any atom is 0.253 e. The van der Waals surface area contributed by atoms with Gasteiger partial charge in [0, 0.05) is 29.2 Å². The highest BCUT2D eigenvalue weighted by atomic mass is 79.9. The maximum absolute atomic E-state index is 12.5. The van der Waals surface area contributed by atoms with Crippen LogP contribution in [0.15, 0.2) is 22.7 Å². The summed E-state index contributed by atoms with van der Waals surface area (Å²) in [5, 5.41) is 4.15. The van der Waals surface area contributed by atoms with Crippen molar-refractivity contribution in [3.8, 4) is 0 Å². The summed E-state index contributed by atoms with van der Waals surface area (Å²) in [4.78, 5) is 14.4. The first-order valence-corrected chi connectivity index (χ1v) is 7.80. The lowest BCUT2D eigenvalue weighted by atomic mass is 9.94. The third-order valence-corrected chi connectivity index (χ3v) is 5.27. The molecular formula is C14H16BrClN2O. The van der Waals surface area contributed by atoms with E-state index in [-0.39, 0.29) is 5.91 Å². The molecule has 2 aliphatic heterocycles. The Bertz CT molecular complexity index is 494. The Morgan fingerprint density at radius 1 is 1.42 bits per heavy atom. The van der Waals surface area contributed by atoms with E-state index in [0.717, 1.165) is 24.1 Å². The van der Waals surface area contributed by atoms with Crippen molar-refractivity contribution >= 4 is 33.4 Å². The summed E-state index contributed by atoms with van der Waals surface area (Å²) in [5.41, 5.74) is 0.704. The number of halogens is 2. The second-order valence-electron chi connectivity index (χ2n) is 5.30. The molecule has 0 aliphatic carbocycles. The average molecular weight is 344 g/mol. The number of likely N-dealkylation sites (tertiary alicyclic amines) is 1. The molecule has 2 atom stereocenters. The van der Waals surface area contributed by atoms with Crippen LogP contribution in [-0.4, -0.2) is 36.5 Å². The highest BCUT2D eigenvalue weighted by Gasteiger charge is 2.36. The standard InChI is InChI=1S/C14H16BrClN2O/c15-11-6-9(3-4-12(11)16)14(19)18-7-10-2-1-5-17-13(10)8-18/h3-4,6,10,13,17H,1-2,5,7-8H2. The lowest BCUT2D eigenvalue weighted by Gasteiger charge is -2.24. The van der Waals surface area contributed by atoms with Gasteiger partial charge in [0.25, 0.3) is 5.91 Å². The fraction of sp³-hybridized carbons (Fsp3) is 0.500. The van der Waals surface area contributed by atoms with Crippen LogP contribution in [0, 0.1) is 5.92 Å². The number of carbonyl (C=O) groups is 1. The van der Waals surface area contributed by atoms with E-state index in [1.807, 2.05) is 4.90 Å². The average Bonchev–Trinajstić information content (AvgIpc) is 2.85. The lowest BCUT2D eigenvalue weighted by Crippen LogP contribution is -2.41. The zero-order chi connectivity index (χ0) is 13.4.